The van der Waals surface area contributed by atoms with Gasteiger partial charge in [-0.3, -0.25) is 14.4 Å². The first-order valence-corrected chi connectivity index (χ1v) is 16.8. The molecule has 0 amide bonds. The number of rotatable bonds is 7. The normalized spacial score (nSPS) is 36.6. The number of nitrogens with zero attached hydrogens (tertiary/aromatic N) is 2. The lowest BCUT2D eigenvalue weighted by Gasteiger charge is -2.61. The molecule has 3 saturated carbocycles. The van der Waals surface area contributed by atoms with Gasteiger partial charge >= 0.3 is 11.9 Å². The van der Waals surface area contributed by atoms with Crippen molar-refractivity contribution in [3.63, 3.8) is 0 Å². The summed E-state index contributed by atoms with van der Waals surface area (Å²) >= 11 is 7.38. The summed E-state index contributed by atoms with van der Waals surface area (Å²) in [4.78, 5) is 39.1. The summed E-state index contributed by atoms with van der Waals surface area (Å²) in [5.74, 6) is -2.11. The van der Waals surface area contributed by atoms with Crippen LogP contribution in [0.3, 0.4) is 0 Å². The SMILES string of the molecule is CCC(=O)OCC(=O)C1(OC(=O)CC)[C@H](C)C[C@H]2[C@H]3[C@H]([C@@H](O)C[C@@]21C)[C@@]1(C)Cc2cnn(-c4cccc(C)c4)c2C=C1C[C@H]3Cl. The van der Waals surface area contributed by atoms with Gasteiger partial charge in [0.2, 0.25) is 5.78 Å². The number of carbonyl (C=O) groups excluding carboxylic acids is 3. The van der Waals surface area contributed by atoms with E-state index in [1.165, 1.54) is 5.57 Å². The lowest BCUT2D eigenvalue weighted by Crippen LogP contribution is -2.66. The molecule has 0 aliphatic heterocycles. The second-order valence-electron chi connectivity index (χ2n) is 14.3. The van der Waals surface area contributed by atoms with Crippen LogP contribution >= 0.6 is 11.6 Å². The zero-order chi connectivity index (χ0) is 32.5. The van der Waals surface area contributed by atoms with Crippen LogP contribution in [0.25, 0.3) is 11.8 Å². The predicted molar refractivity (Wildman–Crippen MR) is 171 cm³/mol. The van der Waals surface area contributed by atoms with Crippen LogP contribution in [-0.4, -0.2) is 56.3 Å². The molecule has 9 heteroatoms. The number of halogens is 1. The Morgan fingerprint density at radius 2 is 1.89 bits per heavy atom. The number of ketones is 1. The first-order valence-electron chi connectivity index (χ1n) is 16.4. The molecule has 9 atom stereocenters. The van der Waals surface area contributed by atoms with Gasteiger partial charge in [0, 0.05) is 29.6 Å². The van der Waals surface area contributed by atoms with E-state index in [-0.39, 0.29) is 53.7 Å². The van der Waals surface area contributed by atoms with E-state index in [1.54, 1.807) is 13.8 Å². The van der Waals surface area contributed by atoms with Gasteiger partial charge < -0.3 is 14.6 Å². The number of esters is 2. The third kappa shape index (κ3) is 4.72. The summed E-state index contributed by atoms with van der Waals surface area (Å²) in [7, 11) is 0. The molecule has 0 radical (unpaired) electrons. The topological polar surface area (TPSA) is 108 Å². The Hall–Kier alpha value is -2.97. The summed E-state index contributed by atoms with van der Waals surface area (Å²) in [6.07, 6.45) is 5.89. The van der Waals surface area contributed by atoms with Crippen molar-refractivity contribution in [3.05, 3.63) is 52.9 Å². The van der Waals surface area contributed by atoms with E-state index in [0.29, 0.717) is 12.8 Å². The smallest absolute Gasteiger partial charge is 0.306 e. The maximum absolute atomic E-state index is 14.1. The highest BCUT2D eigenvalue weighted by atomic mass is 35.5. The van der Waals surface area contributed by atoms with Crippen LogP contribution in [-0.2, 0) is 30.3 Å². The molecule has 45 heavy (non-hydrogen) atoms. The average molecular weight is 637 g/mol. The number of alkyl halides is 1. The zero-order valence-corrected chi connectivity index (χ0v) is 27.9. The van der Waals surface area contributed by atoms with Gasteiger partial charge in [-0.2, -0.15) is 5.10 Å². The lowest BCUT2D eigenvalue weighted by molar-refractivity contribution is -0.207. The van der Waals surface area contributed by atoms with E-state index >= 15 is 0 Å². The van der Waals surface area contributed by atoms with Crippen molar-refractivity contribution in [2.75, 3.05) is 6.61 Å². The standard InChI is InChI=1S/C36H45ClN2O6/c1-7-30(42)44-19-29(41)36(45-31(43)8-2)21(4)13-25-32-26(37)14-23-15-27-22(18-38-39(27)24-11-9-10-20(3)12-24)16-34(23,5)33(32)28(40)17-35(25,36)6/h9-12,15,18,21,25-26,28,32-33,40H,7-8,13-14,16-17,19H2,1-6H3/t21-,25+,26-,28+,32-,33+,34+,35+,36?/m1/s1. The fourth-order valence-electron chi connectivity index (χ4n) is 9.86. The summed E-state index contributed by atoms with van der Waals surface area (Å²) in [5, 5.41) is 16.7. The third-order valence-electron chi connectivity index (χ3n) is 11.8. The van der Waals surface area contributed by atoms with E-state index in [9.17, 15) is 19.5 Å². The molecule has 1 aromatic heterocycles. The van der Waals surface area contributed by atoms with Gasteiger partial charge in [-0.05, 0) is 85.1 Å². The van der Waals surface area contributed by atoms with E-state index in [2.05, 4.69) is 38.1 Å². The highest BCUT2D eigenvalue weighted by Crippen LogP contribution is 2.70. The molecule has 1 N–H and O–H groups in total. The van der Waals surface area contributed by atoms with Gasteiger partial charge in [-0.15, -0.1) is 11.6 Å². The number of hydrogen-bond donors (Lipinski definition) is 1. The molecule has 8 nitrogen and oxygen atoms in total. The van der Waals surface area contributed by atoms with Gasteiger partial charge in [-0.25, -0.2) is 4.68 Å². The van der Waals surface area contributed by atoms with E-state index in [1.807, 2.05) is 30.8 Å². The van der Waals surface area contributed by atoms with Crippen LogP contribution in [0.5, 0.6) is 0 Å². The molecule has 4 aliphatic rings. The minimum absolute atomic E-state index is 0.0892. The van der Waals surface area contributed by atoms with Crippen LogP contribution < -0.4 is 0 Å². The molecule has 1 heterocycles. The Balaban J connectivity index is 1.39. The van der Waals surface area contributed by atoms with E-state index in [0.717, 1.165) is 28.9 Å². The number of carbonyl (C=O) groups is 3. The van der Waals surface area contributed by atoms with Gasteiger partial charge in [0.05, 0.1) is 23.7 Å². The quantitative estimate of drug-likeness (QED) is 0.293. The molecule has 3 fully saturated rings. The summed E-state index contributed by atoms with van der Waals surface area (Å²) in [6.45, 7) is 11.1. The summed E-state index contributed by atoms with van der Waals surface area (Å²) in [5.41, 5.74) is 2.78. The van der Waals surface area contributed by atoms with Crippen LogP contribution in [0, 0.1) is 41.4 Å². The molecule has 4 aliphatic carbocycles. The number of Topliss-reactive ketones (excluding diaryl/α,β-unsaturated/α-hetero) is 1. The molecule has 2 aromatic rings. The van der Waals surface area contributed by atoms with Crippen LogP contribution in [0.2, 0.25) is 0 Å². The van der Waals surface area contributed by atoms with Gasteiger partial charge in [-0.1, -0.05) is 52.3 Å². The fraction of sp³-hybridized carbons (Fsp3) is 0.611. The van der Waals surface area contributed by atoms with E-state index < -0.39 is 41.4 Å². The van der Waals surface area contributed by atoms with Crippen molar-refractivity contribution in [1.29, 1.82) is 0 Å². The molecule has 0 bridgehead atoms. The molecule has 0 saturated heterocycles. The maximum Gasteiger partial charge on any atom is 0.306 e. The molecule has 242 valence electrons. The van der Waals surface area contributed by atoms with Crippen LogP contribution in [0.1, 0.15) is 83.5 Å². The highest BCUT2D eigenvalue weighted by molar-refractivity contribution is 6.21. The minimum atomic E-state index is -1.53. The Morgan fingerprint density at radius 1 is 1.16 bits per heavy atom. The first kappa shape index (κ1) is 32.0. The number of aliphatic hydroxyl groups is 1. The fourth-order valence-corrected chi connectivity index (χ4v) is 10.4. The Labute approximate surface area is 270 Å². The largest absolute Gasteiger partial charge is 0.457 e. The minimum Gasteiger partial charge on any atom is -0.457 e. The average Bonchev–Trinajstić information content (AvgIpc) is 3.49. The number of aliphatic hydroxyl groups excluding tert-OH is 1. The number of aromatic nitrogens is 2. The highest BCUT2D eigenvalue weighted by Gasteiger charge is 2.74. The van der Waals surface area contributed by atoms with Crippen molar-refractivity contribution in [2.24, 2.45) is 34.5 Å². The first-order chi connectivity index (χ1) is 21.3. The van der Waals surface area contributed by atoms with Crippen molar-refractivity contribution in [1.82, 2.24) is 9.78 Å². The molecular formula is C36H45ClN2O6. The summed E-state index contributed by atoms with van der Waals surface area (Å²) < 4.78 is 13.5. The molecule has 6 rings (SSSR count). The third-order valence-corrected chi connectivity index (χ3v) is 12.3. The van der Waals surface area contributed by atoms with Crippen molar-refractivity contribution >= 4 is 35.4 Å². The number of fused-ring (bicyclic) bond motifs is 6. The Kier molecular flexibility index (Phi) is 8.09. The Bertz CT molecular complexity index is 1570. The van der Waals surface area contributed by atoms with Crippen molar-refractivity contribution < 1.29 is 29.0 Å². The molecule has 1 aromatic carbocycles. The second kappa shape index (κ2) is 11.4. The summed E-state index contributed by atoms with van der Waals surface area (Å²) in [6, 6.07) is 8.28. The lowest BCUT2D eigenvalue weighted by atomic mass is 9.45. The zero-order valence-electron chi connectivity index (χ0n) is 27.1. The number of allylic oxidation sites excluding steroid dienone is 1. The second-order valence-corrected chi connectivity index (χ2v) is 14.9. The predicted octanol–water partition coefficient (Wildman–Crippen LogP) is 6.01. The number of ether oxygens (including phenoxy) is 2. The number of aryl methyl sites for hydroxylation is 1. The Morgan fingerprint density at radius 3 is 2.58 bits per heavy atom. The van der Waals surface area contributed by atoms with Crippen LogP contribution in [0.4, 0.5) is 0 Å². The monoisotopic (exact) mass is 636 g/mol. The van der Waals surface area contributed by atoms with E-state index in [4.69, 9.17) is 26.2 Å². The maximum atomic E-state index is 14.1. The van der Waals surface area contributed by atoms with Gasteiger partial charge in [0.15, 0.2) is 12.2 Å². The van der Waals surface area contributed by atoms with Gasteiger partial charge in [0.25, 0.3) is 0 Å². The number of hydrogen-bond acceptors (Lipinski definition) is 7. The van der Waals surface area contributed by atoms with Crippen LogP contribution in [0.15, 0.2) is 36.0 Å². The number of benzene rings is 1. The molecule has 0 spiro atoms. The van der Waals surface area contributed by atoms with Gasteiger partial charge in [0.1, 0.15) is 0 Å². The van der Waals surface area contributed by atoms with Crippen molar-refractivity contribution in [2.45, 2.75) is 97.1 Å². The molecule has 1 unspecified atom stereocenters. The molecular weight excluding hydrogens is 592 g/mol. The van der Waals surface area contributed by atoms with Crippen molar-refractivity contribution in [3.8, 4) is 5.69 Å².